The monoisotopic (exact) mass is 318 g/mol. The van der Waals surface area contributed by atoms with Crippen LogP contribution in [0.5, 0.6) is 5.88 Å². The fourth-order valence-electron chi connectivity index (χ4n) is 1.99. The number of aromatic nitrogens is 1. The van der Waals surface area contributed by atoms with E-state index in [1.165, 1.54) is 12.3 Å². The summed E-state index contributed by atoms with van der Waals surface area (Å²) in [5.41, 5.74) is 0.103. The second-order valence-electron chi connectivity index (χ2n) is 4.96. The van der Waals surface area contributed by atoms with E-state index in [-0.39, 0.29) is 17.5 Å². The van der Waals surface area contributed by atoms with E-state index in [9.17, 15) is 22.8 Å². The minimum Gasteiger partial charge on any atom is -0.481 e. The number of carbonyl (C=O) groups is 2. The Morgan fingerprint density at radius 1 is 1.41 bits per heavy atom. The zero-order valence-electron chi connectivity index (χ0n) is 11.3. The zero-order chi connectivity index (χ0) is 16.3. The molecule has 0 spiro atoms. The molecule has 1 aliphatic rings. The molecule has 1 fully saturated rings. The van der Waals surface area contributed by atoms with Crippen molar-refractivity contribution in [1.82, 2.24) is 10.3 Å². The molecule has 2 N–H and O–H groups in total. The number of ether oxygens (including phenoxy) is 1. The summed E-state index contributed by atoms with van der Waals surface area (Å²) in [6.07, 6.45) is -2.65. The number of nitrogens with one attached hydrogen (secondary N) is 1. The van der Waals surface area contributed by atoms with Crippen LogP contribution in [0.1, 0.15) is 23.2 Å². The van der Waals surface area contributed by atoms with Gasteiger partial charge in [0, 0.05) is 23.9 Å². The number of amides is 1. The number of carboxylic acid groups (broad SMARTS) is 1. The van der Waals surface area contributed by atoms with E-state index in [2.05, 4.69) is 15.0 Å². The van der Waals surface area contributed by atoms with Gasteiger partial charge in [0.15, 0.2) is 6.61 Å². The maximum atomic E-state index is 12.0. The zero-order valence-corrected chi connectivity index (χ0v) is 11.3. The number of alkyl halides is 3. The van der Waals surface area contributed by atoms with Crippen molar-refractivity contribution in [3.05, 3.63) is 23.9 Å². The van der Waals surface area contributed by atoms with Crippen molar-refractivity contribution in [2.75, 3.05) is 6.61 Å². The van der Waals surface area contributed by atoms with E-state index >= 15 is 0 Å². The molecule has 1 amide bonds. The van der Waals surface area contributed by atoms with E-state index < -0.39 is 30.6 Å². The van der Waals surface area contributed by atoms with Crippen LogP contribution in [0.4, 0.5) is 13.2 Å². The lowest BCUT2D eigenvalue weighted by Crippen LogP contribution is -2.46. The summed E-state index contributed by atoms with van der Waals surface area (Å²) in [4.78, 5) is 26.2. The first-order chi connectivity index (χ1) is 10.2. The lowest BCUT2D eigenvalue weighted by atomic mass is 9.80. The second kappa shape index (κ2) is 6.20. The topological polar surface area (TPSA) is 88.5 Å². The molecule has 120 valence electrons. The molecule has 1 aliphatic carbocycles. The summed E-state index contributed by atoms with van der Waals surface area (Å²) in [6, 6.07) is 2.19. The molecule has 0 saturated heterocycles. The Bertz CT molecular complexity index is 571. The summed E-state index contributed by atoms with van der Waals surface area (Å²) in [7, 11) is 0. The Hall–Kier alpha value is -2.32. The van der Waals surface area contributed by atoms with Gasteiger partial charge in [0.05, 0.1) is 5.92 Å². The van der Waals surface area contributed by atoms with E-state index in [4.69, 9.17) is 5.11 Å². The number of rotatable bonds is 5. The molecule has 6 nitrogen and oxygen atoms in total. The molecule has 0 bridgehead atoms. The van der Waals surface area contributed by atoms with Crippen LogP contribution in [0, 0.1) is 5.92 Å². The number of pyridine rings is 1. The fourth-order valence-corrected chi connectivity index (χ4v) is 1.99. The van der Waals surface area contributed by atoms with Crippen LogP contribution < -0.4 is 10.1 Å². The molecule has 1 aromatic rings. The van der Waals surface area contributed by atoms with E-state index in [0.717, 1.165) is 6.07 Å². The predicted molar refractivity (Wildman–Crippen MR) is 67.4 cm³/mol. The van der Waals surface area contributed by atoms with Crippen molar-refractivity contribution in [1.29, 1.82) is 0 Å². The lowest BCUT2D eigenvalue weighted by molar-refractivity contribution is -0.154. The van der Waals surface area contributed by atoms with Gasteiger partial charge in [0.1, 0.15) is 0 Å². The van der Waals surface area contributed by atoms with Crippen molar-refractivity contribution in [3.63, 3.8) is 0 Å². The van der Waals surface area contributed by atoms with E-state index in [0.29, 0.717) is 12.8 Å². The third-order valence-corrected chi connectivity index (χ3v) is 3.20. The minimum atomic E-state index is -4.49. The highest BCUT2D eigenvalue weighted by molar-refractivity contribution is 5.94. The van der Waals surface area contributed by atoms with Crippen LogP contribution in [0.15, 0.2) is 18.3 Å². The highest BCUT2D eigenvalue weighted by atomic mass is 19.4. The highest BCUT2D eigenvalue weighted by Crippen LogP contribution is 2.27. The van der Waals surface area contributed by atoms with Crippen molar-refractivity contribution in [3.8, 4) is 5.88 Å². The quantitative estimate of drug-likeness (QED) is 0.861. The molecule has 0 radical (unpaired) electrons. The maximum Gasteiger partial charge on any atom is 0.422 e. The molecule has 0 aromatic carbocycles. The first-order valence-electron chi connectivity index (χ1n) is 6.44. The predicted octanol–water partition coefficient (Wildman–Crippen LogP) is 1.62. The van der Waals surface area contributed by atoms with E-state index in [1.807, 2.05) is 0 Å². The van der Waals surface area contributed by atoms with Crippen molar-refractivity contribution >= 4 is 11.9 Å². The van der Waals surface area contributed by atoms with Crippen LogP contribution in [0.25, 0.3) is 0 Å². The number of nitrogens with zero attached hydrogens (tertiary/aromatic N) is 1. The number of halogens is 3. The summed E-state index contributed by atoms with van der Waals surface area (Å²) < 4.78 is 40.6. The van der Waals surface area contributed by atoms with Gasteiger partial charge in [-0.25, -0.2) is 4.98 Å². The molecule has 0 atom stereocenters. The van der Waals surface area contributed by atoms with Gasteiger partial charge in [0.2, 0.25) is 5.88 Å². The number of hydrogen-bond acceptors (Lipinski definition) is 4. The van der Waals surface area contributed by atoms with Gasteiger partial charge < -0.3 is 15.2 Å². The van der Waals surface area contributed by atoms with Crippen molar-refractivity contribution in [2.24, 2.45) is 5.92 Å². The normalized spacial score (nSPS) is 20.9. The largest absolute Gasteiger partial charge is 0.481 e. The Morgan fingerprint density at radius 3 is 2.68 bits per heavy atom. The van der Waals surface area contributed by atoms with Crippen LogP contribution in [-0.4, -0.2) is 40.8 Å². The number of aliphatic carboxylic acids is 1. The number of hydrogen-bond donors (Lipinski definition) is 2. The molecule has 1 saturated carbocycles. The summed E-state index contributed by atoms with van der Waals surface area (Å²) >= 11 is 0. The van der Waals surface area contributed by atoms with Gasteiger partial charge in [0.25, 0.3) is 5.91 Å². The summed E-state index contributed by atoms with van der Waals surface area (Å²) in [5.74, 6) is -2.18. The first kappa shape index (κ1) is 16.1. The maximum absolute atomic E-state index is 12.0. The van der Waals surface area contributed by atoms with Crippen LogP contribution in [0.3, 0.4) is 0 Å². The van der Waals surface area contributed by atoms with Crippen LogP contribution in [0.2, 0.25) is 0 Å². The molecule has 0 aliphatic heterocycles. The molecule has 1 aromatic heterocycles. The molecular formula is C13H13F3N2O4. The van der Waals surface area contributed by atoms with Gasteiger partial charge in [-0.15, -0.1) is 0 Å². The smallest absolute Gasteiger partial charge is 0.422 e. The van der Waals surface area contributed by atoms with Gasteiger partial charge in [-0.1, -0.05) is 0 Å². The average molecular weight is 318 g/mol. The molecule has 22 heavy (non-hydrogen) atoms. The fraction of sp³-hybridized carbons (Fsp3) is 0.462. The first-order valence-corrected chi connectivity index (χ1v) is 6.44. The van der Waals surface area contributed by atoms with Gasteiger partial charge in [-0.3, -0.25) is 9.59 Å². The number of carbonyl (C=O) groups excluding carboxylic acids is 1. The highest BCUT2D eigenvalue weighted by Gasteiger charge is 2.35. The Balaban J connectivity index is 1.89. The Labute approximate surface area is 123 Å². The average Bonchev–Trinajstić information content (AvgIpc) is 2.39. The molecule has 1 heterocycles. The summed E-state index contributed by atoms with van der Waals surface area (Å²) in [5, 5.41) is 11.3. The Morgan fingerprint density at radius 2 is 2.09 bits per heavy atom. The molecular weight excluding hydrogens is 305 g/mol. The standard InChI is InChI=1S/C13H13F3N2O4/c14-13(15,16)6-22-10-5-7(1-2-17-10)11(19)18-9-3-8(4-9)12(20)21/h1-2,5,8-9H,3-4,6H2,(H,18,19)(H,20,21). The molecule has 9 heteroatoms. The van der Waals surface area contributed by atoms with Crippen molar-refractivity contribution < 1.29 is 32.6 Å². The summed E-state index contributed by atoms with van der Waals surface area (Å²) in [6.45, 7) is -1.49. The van der Waals surface area contributed by atoms with Crippen LogP contribution in [-0.2, 0) is 4.79 Å². The number of carboxylic acids is 1. The molecule has 0 unspecified atom stereocenters. The molecule has 2 rings (SSSR count). The van der Waals surface area contributed by atoms with Crippen LogP contribution >= 0.6 is 0 Å². The van der Waals surface area contributed by atoms with Gasteiger partial charge in [-0.05, 0) is 18.9 Å². The third-order valence-electron chi connectivity index (χ3n) is 3.20. The van der Waals surface area contributed by atoms with Gasteiger partial charge in [-0.2, -0.15) is 13.2 Å². The van der Waals surface area contributed by atoms with E-state index in [1.54, 1.807) is 0 Å². The Kier molecular flexibility index (Phi) is 4.53. The minimum absolute atomic E-state index is 0.103. The third kappa shape index (κ3) is 4.34. The van der Waals surface area contributed by atoms with Crippen molar-refractivity contribution in [2.45, 2.75) is 25.1 Å². The lowest BCUT2D eigenvalue weighted by Gasteiger charge is -2.32. The van der Waals surface area contributed by atoms with Gasteiger partial charge >= 0.3 is 12.1 Å². The second-order valence-corrected chi connectivity index (χ2v) is 4.96. The SMILES string of the molecule is O=C(NC1CC(C(=O)O)C1)c1ccnc(OCC(F)(F)F)c1.